The first-order valence-corrected chi connectivity index (χ1v) is 12.0. The van der Waals surface area contributed by atoms with E-state index in [-0.39, 0.29) is 5.69 Å². The molecule has 4 rings (SSSR count). The summed E-state index contributed by atoms with van der Waals surface area (Å²) < 4.78 is 0. The summed E-state index contributed by atoms with van der Waals surface area (Å²) >= 11 is 0. The molecule has 0 unspecified atom stereocenters. The molecule has 0 aliphatic carbocycles. The predicted molar refractivity (Wildman–Crippen MR) is 132 cm³/mol. The number of anilines is 3. The number of hydrogen-bond acceptors (Lipinski definition) is 8. The number of hydrogen-bond donors (Lipinski definition) is 5. The number of carbonyl (C=O) groups is 1. The van der Waals surface area contributed by atoms with Crippen molar-refractivity contribution in [2.75, 3.05) is 56.5 Å². The van der Waals surface area contributed by atoms with Crippen LogP contribution in [-0.2, 0) is 0 Å². The van der Waals surface area contributed by atoms with E-state index in [4.69, 9.17) is 10.7 Å². The third-order valence-electron chi connectivity index (χ3n) is 6.53. The smallest absolute Gasteiger partial charge is 0.271 e. The molecule has 2 aromatic rings. The molecular formula is C24H36N8O. The molecule has 1 amide bonds. The lowest BCUT2D eigenvalue weighted by Crippen LogP contribution is -2.47. The van der Waals surface area contributed by atoms with Gasteiger partial charge in [-0.15, -0.1) is 0 Å². The molecule has 2 aliphatic heterocycles. The third-order valence-corrected chi connectivity index (χ3v) is 6.53. The molecule has 9 heteroatoms. The summed E-state index contributed by atoms with van der Waals surface area (Å²) in [5, 5.41) is 13.4. The van der Waals surface area contributed by atoms with Crippen LogP contribution in [0.2, 0.25) is 0 Å². The molecule has 2 fully saturated rings. The Hall–Kier alpha value is -2.75. The quantitative estimate of drug-likeness (QED) is 0.364. The van der Waals surface area contributed by atoms with Crippen molar-refractivity contribution in [1.29, 1.82) is 0 Å². The van der Waals surface area contributed by atoms with Crippen molar-refractivity contribution in [3.05, 3.63) is 41.7 Å². The Bertz CT molecular complexity index is 913. The van der Waals surface area contributed by atoms with Gasteiger partial charge in [-0.2, -0.15) is 0 Å². The van der Waals surface area contributed by atoms with E-state index >= 15 is 0 Å². The van der Waals surface area contributed by atoms with Crippen LogP contribution in [0.5, 0.6) is 0 Å². The Morgan fingerprint density at radius 1 is 1.18 bits per heavy atom. The van der Waals surface area contributed by atoms with Crippen LogP contribution in [0.15, 0.2) is 30.5 Å². The molecule has 0 spiro atoms. The van der Waals surface area contributed by atoms with E-state index in [2.05, 4.69) is 43.3 Å². The van der Waals surface area contributed by atoms with Gasteiger partial charge < -0.3 is 31.9 Å². The molecular weight excluding hydrogens is 416 g/mol. The Balaban J connectivity index is 1.47. The van der Waals surface area contributed by atoms with Crippen LogP contribution in [0.25, 0.3) is 0 Å². The molecule has 9 nitrogen and oxygen atoms in total. The summed E-state index contributed by atoms with van der Waals surface area (Å²) in [6.07, 6.45) is 6.19. The normalized spacial score (nSPS) is 19.4. The fourth-order valence-corrected chi connectivity index (χ4v) is 4.68. The minimum absolute atomic E-state index is 0.155. The highest BCUT2D eigenvalue weighted by atomic mass is 16.1. The van der Waals surface area contributed by atoms with E-state index in [1.54, 1.807) is 6.20 Å². The molecule has 2 saturated heterocycles. The van der Waals surface area contributed by atoms with Gasteiger partial charge in [-0.25, -0.2) is 9.97 Å². The number of amides is 1. The first-order valence-electron chi connectivity index (χ1n) is 12.0. The number of likely N-dealkylation sites (N-methyl/N-ethyl adjacent to an activating group) is 1. The number of carbonyl (C=O) groups excluding carboxylic acids is 1. The van der Waals surface area contributed by atoms with E-state index in [9.17, 15) is 4.79 Å². The maximum atomic E-state index is 12.0. The Morgan fingerprint density at radius 3 is 2.70 bits per heavy atom. The number of nitrogens with one attached hydrogen (secondary N) is 4. The largest absolute Gasteiger partial charge is 0.364 e. The predicted octanol–water partition coefficient (Wildman–Crippen LogP) is 1.56. The zero-order chi connectivity index (χ0) is 23.0. The molecule has 1 aromatic carbocycles. The average molecular weight is 453 g/mol. The first kappa shape index (κ1) is 23.4. The Morgan fingerprint density at radius 2 is 1.97 bits per heavy atom. The second-order valence-corrected chi connectivity index (χ2v) is 8.90. The average Bonchev–Trinajstić information content (AvgIpc) is 2.85. The van der Waals surface area contributed by atoms with E-state index in [1.165, 1.54) is 5.56 Å². The fraction of sp³-hybridized carbons (Fsp3) is 0.542. The third kappa shape index (κ3) is 6.19. The number of nitrogens with two attached hydrogens (primary N) is 1. The van der Waals surface area contributed by atoms with Gasteiger partial charge in [-0.3, -0.25) is 4.79 Å². The van der Waals surface area contributed by atoms with Crippen molar-refractivity contribution in [3.8, 4) is 0 Å². The Labute approximate surface area is 195 Å². The molecule has 1 atom stereocenters. The lowest BCUT2D eigenvalue weighted by Gasteiger charge is -2.34. The topological polar surface area (TPSA) is 120 Å². The number of aromatic nitrogens is 2. The summed E-state index contributed by atoms with van der Waals surface area (Å²) in [6.45, 7) is 5.78. The van der Waals surface area contributed by atoms with Crippen LogP contribution in [0.1, 0.15) is 47.7 Å². The molecule has 33 heavy (non-hydrogen) atoms. The molecule has 6 N–H and O–H groups in total. The molecule has 0 radical (unpaired) electrons. The van der Waals surface area contributed by atoms with E-state index in [0.29, 0.717) is 17.8 Å². The van der Waals surface area contributed by atoms with Crippen LogP contribution in [0, 0.1) is 0 Å². The van der Waals surface area contributed by atoms with Gasteiger partial charge in [0.15, 0.2) is 11.5 Å². The number of nitrogens with zero attached hydrogens (tertiary/aromatic N) is 3. The molecule has 0 bridgehead atoms. The lowest BCUT2D eigenvalue weighted by molar-refractivity contribution is 0.0996. The summed E-state index contributed by atoms with van der Waals surface area (Å²) in [4.78, 5) is 23.4. The number of primary amides is 1. The van der Waals surface area contributed by atoms with Crippen LogP contribution in [-0.4, -0.2) is 68.2 Å². The van der Waals surface area contributed by atoms with Gasteiger partial charge in [-0.05, 0) is 69.4 Å². The fourth-order valence-electron chi connectivity index (χ4n) is 4.68. The van der Waals surface area contributed by atoms with E-state index < -0.39 is 5.91 Å². The van der Waals surface area contributed by atoms with Gasteiger partial charge in [-0.1, -0.05) is 12.1 Å². The molecule has 178 valence electrons. The highest BCUT2D eigenvalue weighted by Gasteiger charge is 2.23. The van der Waals surface area contributed by atoms with Gasteiger partial charge in [0, 0.05) is 37.9 Å². The summed E-state index contributed by atoms with van der Waals surface area (Å²) in [7, 11) is 1.96. The zero-order valence-corrected chi connectivity index (χ0v) is 19.4. The van der Waals surface area contributed by atoms with Gasteiger partial charge in [0.05, 0.1) is 6.20 Å². The first-order chi connectivity index (χ1) is 16.1. The van der Waals surface area contributed by atoms with Crippen LogP contribution >= 0.6 is 0 Å². The molecule has 1 aromatic heterocycles. The van der Waals surface area contributed by atoms with Crippen molar-refractivity contribution in [2.45, 2.75) is 37.6 Å². The number of piperidine rings is 2. The maximum Gasteiger partial charge on any atom is 0.271 e. The molecule has 0 saturated carbocycles. The van der Waals surface area contributed by atoms with Gasteiger partial charge in [0.1, 0.15) is 5.82 Å². The highest BCUT2D eigenvalue weighted by molar-refractivity contribution is 5.96. The monoisotopic (exact) mass is 452 g/mol. The Kier molecular flexibility index (Phi) is 8.09. The highest BCUT2D eigenvalue weighted by Crippen LogP contribution is 2.28. The van der Waals surface area contributed by atoms with Crippen LogP contribution in [0.3, 0.4) is 0 Å². The number of rotatable bonds is 9. The van der Waals surface area contributed by atoms with Crippen molar-refractivity contribution < 1.29 is 4.79 Å². The van der Waals surface area contributed by atoms with Gasteiger partial charge in [0.25, 0.3) is 5.91 Å². The van der Waals surface area contributed by atoms with Crippen LogP contribution in [0.4, 0.5) is 17.3 Å². The molecule has 3 heterocycles. The van der Waals surface area contributed by atoms with E-state index in [1.807, 2.05) is 19.2 Å². The standard InChI is InChI=1S/C24H36N8O/c1-26-12-13-28-20-3-2-14-32(16-20)21-15-29-22(23(25)33)24(31-21)30-19-6-4-17(5-7-19)18-8-10-27-11-9-18/h4-7,15,18,20,26-28H,2-3,8-14,16H2,1H3,(H2,25,33)(H,30,31)/t20-/m1/s1. The minimum Gasteiger partial charge on any atom is -0.364 e. The zero-order valence-electron chi connectivity index (χ0n) is 19.4. The maximum absolute atomic E-state index is 12.0. The van der Waals surface area contributed by atoms with Crippen molar-refractivity contribution >= 4 is 23.2 Å². The van der Waals surface area contributed by atoms with Crippen molar-refractivity contribution in [1.82, 2.24) is 25.9 Å². The summed E-state index contributed by atoms with van der Waals surface area (Å²) in [6, 6.07) is 8.80. The summed E-state index contributed by atoms with van der Waals surface area (Å²) in [5.41, 5.74) is 7.96. The second-order valence-electron chi connectivity index (χ2n) is 8.90. The minimum atomic E-state index is -0.590. The lowest BCUT2D eigenvalue weighted by atomic mass is 9.90. The molecule has 2 aliphatic rings. The summed E-state index contributed by atoms with van der Waals surface area (Å²) in [5.74, 6) is 1.17. The van der Waals surface area contributed by atoms with Gasteiger partial charge in [0.2, 0.25) is 0 Å². The van der Waals surface area contributed by atoms with Crippen molar-refractivity contribution in [2.24, 2.45) is 5.73 Å². The van der Waals surface area contributed by atoms with E-state index in [0.717, 1.165) is 76.5 Å². The second kappa shape index (κ2) is 11.4. The van der Waals surface area contributed by atoms with Crippen LogP contribution < -0.4 is 31.9 Å². The van der Waals surface area contributed by atoms with Crippen molar-refractivity contribution in [3.63, 3.8) is 0 Å². The SMILES string of the molecule is CNCCN[C@@H]1CCCN(c2cnc(C(N)=O)c(Nc3ccc(C4CCNCC4)cc3)n2)C1. The number of benzene rings is 1. The van der Waals surface area contributed by atoms with Gasteiger partial charge >= 0.3 is 0 Å².